The van der Waals surface area contributed by atoms with Crippen LogP contribution in [0.5, 0.6) is 0 Å². The Morgan fingerprint density at radius 2 is 1.86 bits per heavy atom. The van der Waals surface area contributed by atoms with Gasteiger partial charge in [0, 0.05) is 18.0 Å². The van der Waals surface area contributed by atoms with Crippen molar-refractivity contribution in [3.63, 3.8) is 0 Å². The van der Waals surface area contributed by atoms with Crippen molar-refractivity contribution in [2.75, 3.05) is 0 Å². The summed E-state index contributed by atoms with van der Waals surface area (Å²) in [4.78, 5) is 11.4. The molecule has 0 aromatic carbocycles. The smallest absolute Gasteiger partial charge is 0.331 e. The molecule has 3 rings (SSSR count). The van der Waals surface area contributed by atoms with Gasteiger partial charge in [-0.1, -0.05) is 31.4 Å². The molecule has 0 unspecified atom stereocenters. The molecule has 1 saturated carbocycles. The van der Waals surface area contributed by atoms with Crippen molar-refractivity contribution in [3.8, 4) is 0 Å². The third-order valence-electron chi connectivity index (χ3n) is 4.13. The molecule has 21 heavy (non-hydrogen) atoms. The molecule has 0 bridgehead atoms. The van der Waals surface area contributed by atoms with Crippen molar-refractivity contribution in [2.24, 2.45) is 5.92 Å². The first-order valence-corrected chi connectivity index (χ1v) is 8.84. The van der Waals surface area contributed by atoms with E-state index in [1.54, 1.807) is 18.2 Å². The number of allylic oxidation sites excluding steroid dienone is 1. The van der Waals surface area contributed by atoms with E-state index in [4.69, 9.17) is 4.74 Å². The summed E-state index contributed by atoms with van der Waals surface area (Å²) in [6.45, 7) is 0. The monoisotopic (exact) mass is 309 g/mol. The Balaban J connectivity index is 1.75. The number of hydrogen-bond donors (Lipinski definition) is 1. The Hall–Kier alpha value is -1.40. The fourth-order valence-corrected chi connectivity index (χ4v) is 4.40. The Morgan fingerprint density at radius 1 is 1.10 bits per heavy atom. The van der Waals surface area contributed by atoms with Gasteiger partial charge >= 0.3 is 5.97 Å². The highest BCUT2D eigenvalue weighted by molar-refractivity contribution is 7.93. The molecule has 0 amide bonds. The predicted octanol–water partition coefficient (Wildman–Crippen LogP) is 1.79. The molecular weight excluding hydrogens is 290 g/mol. The molecule has 0 aromatic heterocycles. The standard InChI is InChI=1S/C15H19NO4S/c17-15-9-6-11-10-13(7-8-14(11)20-15)21(18,19)16-12-4-2-1-3-5-12/h6-12,14,16H,1-5H2/t11-,14+/m0/s1. The van der Waals surface area contributed by atoms with Gasteiger partial charge in [0.05, 0.1) is 4.91 Å². The highest BCUT2D eigenvalue weighted by Crippen LogP contribution is 2.27. The summed E-state index contributed by atoms with van der Waals surface area (Å²) < 4.78 is 32.8. The van der Waals surface area contributed by atoms with E-state index in [1.807, 2.05) is 0 Å². The van der Waals surface area contributed by atoms with Crippen LogP contribution in [0.4, 0.5) is 0 Å². The minimum absolute atomic E-state index is 0.0375. The van der Waals surface area contributed by atoms with E-state index < -0.39 is 16.1 Å². The van der Waals surface area contributed by atoms with Gasteiger partial charge < -0.3 is 4.74 Å². The Morgan fingerprint density at radius 3 is 2.62 bits per heavy atom. The summed E-state index contributed by atoms with van der Waals surface area (Å²) in [6.07, 6.45) is 12.6. The van der Waals surface area contributed by atoms with Crippen molar-refractivity contribution >= 4 is 16.0 Å². The van der Waals surface area contributed by atoms with Crippen molar-refractivity contribution in [2.45, 2.75) is 44.2 Å². The van der Waals surface area contributed by atoms with E-state index in [0.29, 0.717) is 0 Å². The summed E-state index contributed by atoms with van der Waals surface area (Å²) in [7, 11) is -3.50. The number of ether oxygens (including phenoxy) is 1. The van der Waals surface area contributed by atoms with Crippen LogP contribution in [0, 0.1) is 5.92 Å². The number of hydrogen-bond acceptors (Lipinski definition) is 4. The Kier molecular flexibility index (Phi) is 3.99. The average Bonchev–Trinajstić information content (AvgIpc) is 2.47. The Bertz CT molecular complexity index is 612. The van der Waals surface area contributed by atoms with Gasteiger partial charge in [-0.3, -0.25) is 0 Å². The summed E-state index contributed by atoms with van der Waals surface area (Å²) in [6, 6.07) is 0.0375. The number of rotatable bonds is 3. The Labute approximate surface area is 124 Å². The highest BCUT2D eigenvalue weighted by atomic mass is 32.2. The number of nitrogens with one attached hydrogen (secondary N) is 1. The van der Waals surface area contributed by atoms with Crippen LogP contribution in [-0.2, 0) is 19.6 Å². The lowest BCUT2D eigenvalue weighted by Gasteiger charge is -2.27. The highest BCUT2D eigenvalue weighted by Gasteiger charge is 2.30. The molecule has 0 aromatic rings. The molecule has 1 heterocycles. The SMILES string of the molecule is O=C1C=C[C@H]2C=C(S(=O)(=O)NC3CCCCC3)C=C[C@H]2O1. The topological polar surface area (TPSA) is 72.5 Å². The van der Waals surface area contributed by atoms with Gasteiger partial charge in [-0.25, -0.2) is 17.9 Å². The van der Waals surface area contributed by atoms with Crippen LogP contribution in [-0.4, -0.2) is 26.5 Å². The van der Waals surface area contributed by atoms with Crippen molar-refractivity contribution in [3.05, 3.63) is 35.3 Å². The molecule has 0 saturated heterocycles. The first kappa shape index (κ1) is 14.5. The van der Waals surface area contributed by atoms with Crippen molar-refractivity contribution in [1.82, 2.24) is 4.72 Å². The van der Waals surface area contributed by atoms with Gasteiger partial charge in [0.25, 0.3) is 0 Å². The number of fused-ring (bicyclic) bond motifs is 1. The van der Waals surface area contributed by atoms with Gasteiger partial charge in [-0.15, -0.1) is 0 Å². The molecule has 1 N–H and O–H groups in total. The minimum Gasteiger partial charge on any atom is -0.454 e. The number of sulfonamides is 1. The summed E-state index contributed by atoms with van der Waals surface area (Å²) in [5.41, 5.74) is 0. The molecule has 0 radical (unpaired) electrons. The third kappa shape index (κ3) is 3.27. The zero-order valence-corrected chi connectivity index (χ0v) is 12.5. The normalized spacial score (nSPS) is 29.7. The van der Waals surface area contributed by atoms with E-state index in [9.17, 15) is 13.2 Å². The minimum atomic E-state index is -3.50. The lowest BCUT2D eigenvalue weighted by molar-refractivity contribution is -0.143. The maximum absolute atomic E-state index is 12.4. The number of carbonyl (C=O) groups excluding carboxylic acids is 1. The molecule has 2 aliphatic carbocycles. The molecule has 3 aliphatic rings. The van der Waals surface area contributed by atoms with Gasteiger partial charge in [0.15, 0.2) is 0 Å². The molecule has 0 spiro atoms. The molecule has 6 heteroatoms. The van der Waals surface area contributed by atoms with Crippen LogP contribution in [0.2, 0.25) is 0 Å². The van der Waals surface area contributed by atoms with E-state index in [2.05, 4.69) is 4.72 Å². The molecular formula is C15H19NO4S. The first-order valence-electron chi connectivity index (χ1n) is 7.36. The lowest BCUT2D eigenvalue weighted by atomic mass is 9.95. The first-order chi connectivity index (χ1) is 10.0. The quantitative estimate of drug-likeness (QED) is 0.807. The van der Waals surface area contributed by atoms with E-state index in [0.717, 1.165) is 25.7 Å². The lowest BCUT2D eigenvalue weighted by Crippen LogP contribution is -2.37. The summed E-state index contributed by atoms with van der Waals surface area (Å²) in [5, 5.41) is 0. The van der Waals surface area contributed by atoms with Gasteiger partial charge in [-0.05, 0) is 25.0 Å². The van der Waals surface area contributed by atoms with Crippen LogP contribution in [0.3, 0.4) is 0 Å². The fraction of sp³-hybridized carbons (Fsp3) is 0.533. The molecule has 2 atom stereocenters. The second kappa shape index (κ2) is 5.77. The van der Waals surface area contributed by atoms with Crippen LogP contribution < -0.4 is 4.72 Å². The van der Waals surface area contributed by atoms with Crippen LogP contribution >= 0.6 is 0 Å². The van der Waals surface area contributed by atoms with Crippen LogP contribution in [0.15, 0.2) is 35.3 Å². The zero-order chi connectivity index (χ0) is 14.9. The molecule has 114 valence electrons. The third-order valence-corrected chi connectivity index (χ3v) is 5.67. The van der Waals surface area contributed by atoms with Crippen molar-refractivity contribution < 1.29 is 17.9 Å². The van der Waals surface area contributed by atoms with E-state index in [1.165, 1.54) is 18.6 Å². The maximum Gasteiger partial charge on any atom is 0.331 e. The predicted molar refractivity (Wildman–Crippen MR) is 78.7 cm³/mol. The second-order valence-corrected chi connectivity index (χ2v) is 7.44. The second-order valence-electron chi connectivity index (χ2n) is 5.72. The summed E-state index contributed by atoms with van der Waals surface area (Å²) >= 11 is 0. The largest absolute Gasteiger partial charge is 0.454 e. The van der Waals surface area contributed by atoms with Gasteiger partial charge in [0.1, 0.15) is 6.10 Å². The molecule has 1 fully saturated rings. The maximum atomic E-state index is 12.4. The number of esters is 1. The fourth-order valence-electron chi connectivity index (χ4n) is 2.99. The van der Waals surface area contributed by atoms with Crippen LogP contribution in [0.1, 0.15) is 32.1 Å². The van der Waals surface area contributed by atoms with Gasteiger partial charge in [-0.2, -0.15) is 0 Å². The summed E-state index contributed by atoms with van der Waals surface area (Å²) in [5.74, 6) is -0.591. The van der Waals surface area contributed by atoms with E-state index >= 15 is 0 Å². The van der Waals surface area contributed by atoms with Gasteiger partial charge in [0.2, 0.25) is 10.0 Å². The zero-order valence-electron chi connectivity index (χ0n) is 11.7. The molecule has 1 aliphatic heterocycles. The molecule has 5 nitrogen and oxygen atoms in total. The number of carbonyl (C=O) groups is 1. The average molecular weight is 309 g/mol. The van der Waals surface area contributed by atoms with Crippen molar-refractivity contribution in [1.29, 1.82) is 0 Å². The van der Waals surface area contributed by atoms with Crippen LogP contribution in [0.25, 0.3) is 0 Å². The van der Waals surface area contributed by atoms with E-state index in [-0.39, 0.29) is 22.8 Å².